The predicted molar refractivity (Wildman–Crippen MR) is 144 cm³/mol. The molecule has 3 aromatic rings. The average molecular weight is 558 g/mol. The van der Waals surface area contributed by atoms with Gasteiger partial charge in [-0.05, 0) is 44.0 Å². The van der Waals surface area contributed by atoms with Crippen molar-refractivity contribution >= 4 is 29.0 Å². The molecule has 40 heavy (non-hydrogen) atoms. The number of morpholine rings is 1. The molecule has 212 valence electrons. The summed E-state index contributed by atoms with van der Waals surface area (Å²) >= 11 is 0. The van der Waals surface area contributed by atoms with E-state index in [4.69, 9.17) is 16.2 Å². The number of amides is 1. The van der Waals surface area contributed by atoms with Crippen molar-refractivity contribution in [2.75, 3.05) is 60.2 Å². The fourth-order valence-corrected chi connectivity index (χ4v) is 4.69. The van der Waals surface area contributed by atoms with Crippen LogP contribution in [0.4, 0.5) is 36.3 Å². The number of nitrogens with two attached hydrogens (primary N) is 2. The van der Waals surface area contributed by atoms with Gasteiger partial charge in [0.2, 0.25) is 0 Å². The van der Waals surface area contributed by atoms with Gasteiger partial charge in [0, 0.05) is 37.9 Å². The number of hydrogen-bond acceptors (Lipinski definition) is 10. The molecule has 5 rings (SSSR count). The largest absolute Gasteiger partial charge is 0.418 e. The SMILES string of the molecule is CC1(N)CCN(c2cccnc2NC(=O)c2nc(-c3nc(N4CCOCC4)ccc3C(F)(F)F)cnc2N)CC1. The van der Waals surface area contributed by atoms with Gasteiger partial charge in [-0.25, -0.2) is 19.9 Å². The lowest BCUT2D eigenvalue weighted by Gasteiger charge is -2.38. The summed E-state index contributed by atoms with van der Waals surface area (Å²) in [4.78, 5) is 34.0. The number of halogens is 3. The van der Waals surface area contributed by atoms with Gasteiger partial charge in [-0.1, -0.05) is 0 Å². The predicted octanol–water partition coefficient (Wildman–Crippen LogP) is 2.94. The first kappa shape index (κ1) is 27.5. The first-order valence-electron chi connectivity index (χ1n) is 12.9. The van der Waals surface area contributed by atoms with Gasteiger partial charge in [-0.15, -0.1) is 0 Å². The van der Waals surface area contributed by atoms with Gasteiger partial charge in [-0.3, -0.25) is 4.79 Å². The molecule has 11 nitrogen and oxygen atoms in total. The summed E-state index contributed by atoms with van der Waals surface area (Å²) in [6.45, 7) is 5.17. The fourth-order valence-electron chi connectivity index (χ4n) is 4.69. The van der Waals surface area contributed by atoms with Crippen LogP contribution in [0.5, 0.6) is 0 Å². The second-order valence-corrected chi connectivity index (χ2v) is 10.1. The van der Waals surface area contributed by atoms with Crippen molar-refractivity contribution in [1.29, 1.82) is 0 Å². The molecule has 0 saturated carbocycles. The number of rotatable bonds is 5. The van der Waals surface area contributed by atoms with E-state index in [1.807, 2.05) is 17.9 Å². The average Bonchev–Trinajstić information content (AvgIpc) is 2.93. The van der Waals surface area contributed by atoms with Crippen molar-refractivity contribution in [3.05, 3.63) is 47.9 Å². The van der Waals surface area contributed by atoms with Crippen molar-refractivity contribution < 1.29 is 22.7 Å². The summed E-state index contributed by atoms with van der Waals surface area (Å²) in [5.41, 5.74) is 10.6. The standard InChI is InChI=1S/C26H30F3N9O2/c1-25(31)6-9-37(10-7-25)18-3-2-8-32-23(18)36-24(39)21-22(30)33-15-17(34-21)20-16(26(27,28)29)4-5-19(35-20)38-11-13-40-14-12-38/h2-5,8,15H,6-7,9-14,31H2,1H3,(H2,30,33)(H,32,36,39). The Balaban J connectivity index is 1.46. The zero-order valence-electron chi connectivity index (χ0n) is 21.9. The Morgan fingerprint density at radius 2 is 1.77 bits per heavy atom. The van der Waals surface area contributed by atoms with E-state index in [9.17, 15) is 18.0 Å². The maximum Gasteiger partial charge on any atom is 0.418 e. The van der Waals surface area contributed by atoms with Crippen LogP contribution in [0.25, 0.3) is 11.4 Å². The van der Waals surface area contributed by atoms with Gasteiger partial charge < -0.3 is 31.3 Å². The van der Waals surface area contributed by atoms with Crippen molar-refractivity contribution in [3.63, 3.8) is 0 Å². The molecule has 0 bridgehead atoms. The molecular weight excluding hydrogens is 527 g/mol. The third-order valence-corrected chi connectivity index (χ3v) is 7.04. The smallest absolute Gasteiger partial charge is 0.382 e. The van der Waals surface area contributed by atoms with E-state index in [1.54, 1.807) is 6.07 Å². The Morgan fingerprint density at radius 3 is 2.48 bits per heavy atom. The van der Waals surface area contributed by atoms with Crippen LogP contribution in [0.2, 0.25) is 0 Å². The molecule has 0 aliphatic carbocycles. The Bertz CT molecular complexity index is 1380. The summed E-state index contributed by atoms with van der Waals surface area (Å²) in [5.74, 6) is -0.397. The minimum atomic E-state index is -4.71. The topological polar surface area (TPSA) is 148 Å². The molecule has 2 aliphatic heterocycles. The lowest BCUT2D eigenvalue weighted by atomic mass is 9.91. The van der Waals surface area contributed by atoms with Crippen LogP contribution in [0.1, 0.15) is 35.8 Å². The first-order chi connectivity index (χ1) is 19.0. The van der Waals surface area contributed by atoms with Crippen LogP contribution in [0, 0.1) is 0 Å². The van der Waals surface area contributed by atoms with Crippen LogP contribution in [0.3, 0.4) is 0 Å². The Labute approximate surface area is 228 Å². The van der Waals surface area contributed by atoms with Crippen LogP contribution in [0.15, 0.2) is 36.7 Å². The second-order valence-electron chi connectivity index (χ2n) is 10.1. The van der Waals surface area contributed by atoms with Crippen LogP contribution in [-0.2, 0) is 10.9 Å². The minimum absolute atomic E-state index is 0.235. The molecule has 0 spiro atoms. The number of carbonyl (C=O) groups is 1. The van der Waals surface area contributed by atoms with Crippen molar-refractivity contribution in [2.45, 2.75) is 31.5 Å². The normalized spacial score (nSPS) is 17.5. The maximum absolute atomic E-state index is 14.0. The lowest BCUT2D eigenvalue weighted by Crippen LogP contribution is -2.48. The molecule has 2 fully saturated rings. The molecule has 5 N–H and O–H groups in total. The molecule has 3 aromatic heterocycles. The number of nitrogens with zero attached hydrogens (tertiary/aromatic N) is 6. The number of aromatic nitrogens is 4. The zero-order valence-corrected chi connectivity index (χ0v) is 21.9. The van der Waals surface area contributed by atoms with Crippen LogP contribution < -0.4 is 26.6 Å². The number of ether oxygens (including phenoxy) is 1. The molecule has 0 unspecified atom stereocenters. The lowest BCUT2D eigenvalue weighted by molar-refractivity contribution is -0.137. The molecule has 14 heteroatoms. The number of piperidine rings is 1. The highest BCUT2D eigenvalue weighted by atomic mass is 19.4. The van der Waals surface area contributed by atoms with Crippen LogP contribution in [-0.4, -0.2) is 70.8 Å². The minimum Gasteiger partial charge on any atom is -0.382 e. The number of nitrogens with one attached hydrogen (secondary N) is 1. The number of alkyl halides is 3. The first-order valence-corrected chi connectivity index (χ1v) is 12.9. The summed E-state index contributed by atoms with van der Waals surface area (Å²) in [6, 6.07) is 5.84. The maximum atomic E-state index is 14.0. The highest BCUT2D eigenvalue weighted by Crippen LogP contribution is 2.37. The third-order valence-electron chi connectivity index (χ3n) is 7.04. The number of carbonyl (C=O) groups excluding carboxylic acids is 1. The highest BCUT2D eigenvalue weighted by molar-refractivity contribution is 6.06. The summed E-state index contributed by atoms with van der Waals surface area (Å²) in [5, 5.41) is 2.70. The number of pyridine rings is 2. The van der Waals surface area contributed by atoms with Crippen molar-refractivity contribution in [3.8, 4) is 11.4 Å². The molecular formula is C26H30F3N9O2. The fraction of sp³-hybridized carbons (Fsp3) is 0.423. The quantitative estimate of drug-likeness (QED) is 0.428. The number of nitrogen functional groups attached to an aromatic ring is 1. The summed E-state index contributed by atoms with van der Waals surface area (Å²) in [6.07, 6.45) is -0.593. The van der Waals surface area contributed by atoms with E-state index in [2.05, 4.69) is 30.2 Å². The van der Waals surface area contributed by atoms with Gasteiger partial charge in [0.15, 0.2) is 17.3 Å². The van der Waals surface area contributed by atoms with E-state index < -0.39 is 23.3 Å². The van der Waals surface area contributed by atoms with Crippen LogP contribution >= 0.6 is 0 Å². The van der Waals surface area contributed by atoms with Crippen molar-refractivity contribution in [2.24, 2.45) is 5.73 Å². The monoisotopic (exact) mass is 557 g/mol. The summed E-state index contributed by atoms with van der Waals surface area (Å²) < 4.78 is 47.2. The van der Waals surface area contributed by atoms with E-state index in [0.717, 1.165) is 25.1 Å². The zero-order chi connectivity index (χ0) is 28.5. The van der Waals surface area contributed by atoms with E-state index in [1.165, 1.54) is 12.3 Å². The highest BCUT2D eigenvalue weighted by Gasteiger charge is 2.36. The van der Waals surface area contributed by atoms with Gasteiger partial charge in [0.05, 0.1) is 30.7 Å². The Morgan fingerprint density at radius 1 is 1.05 bits per heavy atom. The Kier molecular flexibility index (Phi) is 7.47. The van der Waals surface area contributed by atoms with E-state index in [0.29, 0.717) is 50.9 Å². The number of hydrogen-bond donors (Lipinski definition) is 3. The molecule has 2 saturated heterocycles. The molecule has 0 radical (unpaired) electrons. The second kappa shape index (κ2) is 10.8. The molecule has 0 aromatic carbocycles. The van der Waals surface area contributed by atoms with E-state index in [-0.39, 0.29) is 28.6 Å². The molecule has 5 heterocycles. The number of anilines is 4. The molecule has 1 amide bonds. The van der Waals surface area contributed by atoms with E-state index >= 15 is 0 Å². The Hall–Kier alpha value is -4.04. The molecule has 0 atom stereocenters. The van der Waals surface area contributed by atoms with Gasteiger partial charge in [0.25, 0.3) is 5.91 Å². The van der Waals surface area contributed by atoms with Gasteiger partial charge in [0.1, 0.15) is 17.2 Å². The summed E-state index contributed by atoms with van der Waals surface area (Å²) in [7, 11) is 0. The van der Waals surface area contributed by atoms with Gasteiger partial charge >= 0.3 is 6.18 Å². The third kappa shape index (κ3) is 5.92. The van der Waals surface area contributed by atoms with Crippen molar-refractivity contribution in [1.82, 2.24) is 19.9 Å². The molecule has 2 aliphatic rings. The van der Waals surface area contributed by atoms with Gasteiger partial charge in [-0.2, -0.15) is 13.2 Å².